The second-order valence-corrected chi connectivity index (χ2v) is 28.3. The maximum atomic E-state index is 9.87. The number of nitrogens with zero attached hydrogens (tertiary/aromatic N) is 15. The van der Waals surface area contributed by atoms with E-state index >= 15 is 0 Å². The van der Waals surface area contributed by atoms with Gasteiger partial charge < -0.3 is 56.6 Å². The second kappa shape index (κ2) is 60.4. The first-order chi connectivity index (χ1) is 52.0. The van der Waals surface area contributed by atoms with Crippen LogP contribution in [-0.2, 0) is 78.1 Å². The maximum Gasteiger partial charge on any atom is 4.00 e. The van der Waals surface area contributed by atoms with Gasteiger partial charge in [0.1, 0.15) is 0 Å². The third-order valence-corrected chi connectivity index (χ3v) is 11.1. The smallest absolute Gasteiger partial charge is 0.255 e. The zero-order chi connectivity index (χ0) is 89.8. The molecule has 6 heterocycles. The minimum Gasteiger partial charge on any atom is -0.255 e. The van der Waals surface area contributed by atoms with E-state index in [4.69, 9.17) is 41.9 Å². The summed E-state index contributed by atoms with van der Waals surface area (Å²) >= 11 is 0. The molecule has 117 heavy (non-hydrogen) atoms. The summed E-state index contributed by atoms with van der Waals surface area (Å²) in [5, 5.41) is 44.7. The van der Waals surface area contributed by atoms with Crippen molar-refractivity contribution in [2.24, 2.45) is 0 Å². The van der Waals surface area contributed by atoms with Gasteiger partial charge in [0.05, 0.1) is 48.4 Å². The largest absolute Gasteiger partial charge is 4.00 e. The fraction of sp³-hybridized carbons (Fsp3) is 0.289. The molecule has 9 rings (SSSR count). The molecular weight excluding hydrogens is 1890 g/mol. The average molecular weight is 1990 g/mol. The Morgan fingerprint density at radius 2 is 0.521 bits per heavy atom. The first-order valence-corrected chi connectivity index (χ1v) is 38.8. The van der Waals surface area contributed by atoms with Gasteiger partial charge >= 0.3 is 157 Å². The number of halogens is 18. The molecule has 0 fully saturated rings. The van der Waals surface area contributed by atoms with Crippen molar-refractivity contribution in [3.05, 3.63) is 272 Å². The van der Waals surface area contributed by atoms with Crippen LogP contribution in [0.3, 0.4) is 0 Å². The van der Waals surface area contributed by atoms with Crippen molar-refractivity contribution >= 4 is 60.7 Å². The van der Waals surface area contributed by atoms with Crippen molar-refractivity contribution in [2.75, 3.05) is 56.5 Å². The Bertz CT molecular complexity index is 3650. The van der Waals surface area contributed by atoms with E-state index < -0.39 is 23.4 Å². The average Bonchev–Trinajstić information content (AvgIpc) is 0.797. The summed E-state index contributed by atoms with van der Waals surface area (Å²) < 4.78 is 188. The summed E-state index contributed by atoms with van der Waals surface area (Å²) in [4.78, 5) is 31.5. The Hall–Kier alpha value is -8.04. The molecule has 0 bridgehead atoms. The molecule has 0 spiro atoms. The number of hydrogen-bond acceptors (Lipinski definition) is 11. The maximum absolute atomic E-state index is 10.7. The van der Waals surface area contributed by atoms with Crippen LogP contribution in [0.25, 0.3) is 66.6 Å². The summed E-state index contributed by atoms with van der Waals surface area (Å²) in [5.41, 5.74) is 15.5. The van der Waals surface area contributed by atoms with Gasteiger partial charge in [-0.3, -0.25) is 29.9 Å². The number of ether oxygens (including phenoxy) is 2. The molecule has 0 aliphatic heterocycles. The fourth-order valence-corrected chi connectivity index (χ4v) is 7.02. The predicted molar refractivity (Wildman–Crippen MR) is 438 cm³/mol. The summed E-state index contributed by atoms with van der Waals surface area (Å²) in [5.74, 6) is 1.83. The molecule has 0 radical (unpaired) electrons. The van der Waals surface area contributed by atoms with Gasteiger partial charge in [-0.2, -0.15) is 47.5 Å². The molecule has 0 saturated heterocycles. The second-order valence-electron chi connectivity index (χ2n) is 22.5. The van der Waals surface area contributed by atoms with Crippen molar-refractivity contribution in [1.29, 1.82) is 0 Å². The van der Waals surface area contributed by atoms with E-state index in [9.17, 15) is 75.5 Å². The van der Waals surface area contributed by atoms with Crippen LogP contribution in [0, 0.1) is 52.8 Å². The number of aromatic nitrogens is 6. The van der Waals surface area contributed by atoms with Gasteiger partial charge in [0.25, 0.3) is 0 Å². The molecule has 41 heteroatoms. The summed E-state index contributed by atoms with van der Waals surface area (Å²) in [6.07, 6.45) is 16.6. The first-order valence-electron chi connectivity index (χ1n) is 32.7. The number of benzene rings is 3. The fourth-order valence-electron chi connectivity index (χ4n) is 7.02. The van der Waals surface area contributed by atoms with Crippen molar-refractivity contribution in [1.82, 2.24) is 44.6 Å². The number of methoxy groups -OCH3 is 2. The normalized spacial score (nSPS) is 11.4. The van der Waals surface area contributed by atoms with Crippen LogP contribution >= 0.6 is 23.4 Å². The van der Waals surface area contributed by atoms with Gasteiger partial charge in [-0.05, 0) is 115 Å². The van der Waals surface area contributed by atoms with Crippen LogP contribution in [0.5, 0.6) is 11.5 Å². The Labute approximate surface area is 714 Å². The van der Waals surface area contributed by atoms with E-state index in [1.807, 2.05) is 142 Å². The molecule has 0 unspecified atom stereocenters. The summed E-state index contributed by atoms with van der Waals surface area (Å²) in [6, 6.07) is 54.7. The van der Waals surface area contributed by atoms with E-state index in [1.165, 1.54) is 38.9 Å². The Morgan fingerprint density at radius 3 is 0.701 bits per heavy atom. The molecule has 654 valence electrons. The summed E-state index contributed by atoms with van der Waals surface area (Å²) in [7, 11) is -16.2. The van der Waals surface area contributed by atoms with E-state index in [-0.39, 0.29) is 58.4 Å². The van der Waals surface area contributed by atoms with Crippen LogP contribution < -0.4 is 9.47 Å². The molecule has 0 amide bonds. The van der Waals surface area contributed by atoms with Crippen LogP contribution in [0.4, 0.5) is 75.5 Å². The van der Waals surface area contributed by atoms with Crippen molar-refractivity contribution < 1.29 is 143 Å². The molecule has 0 saturated carbocycles. The SMILES string of the molecule is CC=[N-].CC=[N-].CC=[N-].CC=[N-].CC=[N-].CC=[N-].COc1c[c-]c(CN(C)C)c(C)c1C.COc1c[c-]c(CN(C)C)cc1C.Cc1c[c-]c(CN(C)C)cc1C.F[P-](F)(F)(F)(F)F.F[P-](F)(F)(F)(F)F.F[P-](F)(F)(F)(F)F.[Ru+4].[Ru+4].[Ru+4].c1ccc(-c2ccccn2)nc1.c1ccc(-c2ccccn2)nc1.c1ccc(-c2ccccn2)nc1. The first kappa shape index (κ1) is 127. The van der Waals surface area contributed by atoms with Crippen molar-refractivity contribution in [3.8, 4) is 45.7 Å². The molecule has 17 nitrogen and oxygen atoms in total. The van der Waals surface area contributed by atoms with Crippen LogP contribution in [0.15, 0.2) is 177 Å². The van der Waals surface area contributed by atoms with Gasteiger partial charge in [-0.25, -0.2) is 37.3 Å². The Balaban J connectivity index is -0.000000157. The number of pyridine rings is 6. The van der Waals surface area contributed by atoms with Crippen LogP contribution in [0.1, 0.15) is 86.1 Å². The van der Waals surface area contributed by atoms with Gasteiger partial charge in [0.2, 0.25) is 0 Å². The van der Waals surface area contributed by atoms with Gasteiger partial charge in [-0.1, -0.05) is 113 Å². The quantitative estimate of drug-likeness (QED) is 0.0388. The molecule has 9 aromatic rings. The summed E-state index contributed by atoms with van der Waals surface area (Å²) in [6.45, 7) is 22.7. The van der Waals surface area contributed by atoms with Crippen LogP contribution in [0.2, 0.25) is 0 Å². The number of rotatable bonds is 11. The monoisotopic (exact) mass is 1990 g/mol. The minimum absolute atomic E-state index is 0. The Kier molecular flexibility index (Phi) is 65.6. The minimum atomic E-state index is -10.7. The van der Waals surface area contributed by atoms with E-state index in [0.29, 0.717) is 0 Å². The third kappa shape index (κ3) is 98.4. The number of aryl methyl sites for hydroxylation is 3. The van der Waals surface area contributed by atoms with Gasteiger partial charge in [0, 0.05) is 68.3 Å². The van der Waals surface area contributed by atoms with Gasteiger partial charge in [0.15, 0.2) is 0 Å². The molecule has 6 aromatic heterocycles. The molecule has 0 aliphatic carbocycles. The van der Waals surface area contributed by atoms with E-state index in [0.717, 1.165) is 108 Å². The standard InChI is InChI=1S/C12H18NO.C11H16NO.C11H16N.3C10H8N2.6C2H4N.3F6P.3Ru/c1-9-10(2)12(14-5)7-6-11(9)8-13(3)4;1-9-7-10(8-12(2)3)5-6-11(9)13-4;1-9-5-6-11(7-10(9)2)8-12(3)4;3*1-3-7-11-9(5-1)10-6-2-4-8-12-10;6*1-2-3;3*1-7(2,3,4,5)6;;;/h7H,8H2,1-5H3;6-7H,8H2,1-4H3;5,7H,8H2,1-4H3;3*1-8H;6*2H,1H3;;;;;;/q3*-1;;;;9*-1;3*+4. The zero-order valence-corrected chi connectivity index (χ0v) is 75.5. The van der Waals surface area contributed by atoms with E-state index in [2.05, 4.69) is 137 Å². The molecular formula is C76H98F18N15O2P3Ru3. The van der Waals surface area contributed by atoms with Crippen molar-refractivity contribution in [3.63, 3.8) is 0 Å². The topological polar surface area (TPSA) is 239 Å². The van der Waals surface area contributed by atoms with E-state index in [1.54, 1.807) is 92.9 Å². The molecule has 3 aromatic carbocycles. The van der Waals surface area contributed by atoms with Crippen LogP contribution in [-0.4, -0.2) is 138 Å². The van der Waals surface area contributed by atoms with Gasteiger partial charge in [-0.15, -0.1) is 45.5 Å². The zero-order valence-electron chi connectivity index (χ0n) is 67.6. The molecule has 0 N–H and O–H groups in total. The van der Waals surface area contributed by atoms with Crippen molar-refractivity contribution in [2.45, 2.75) is 95.8 Å². The molecule has 0 aliphatic rings. The Morgan fingerprint density at radius 1 is 0.316 bits per heavy atom. The third-order valence-electron chi connectivity index (χ3n) is 11.1. The predicted octanol–water partition coefficient (Wildman–Crippen LogP) is 26.7. The molecule has 0 atom stereocenters. The number of hydrogen-bond donors (Lipinski definition) is 0.